The van der Waals surface area contributed by atoms with Crippen molar-refractivity contribution in [3.63, 3.8) is 0 Å². The number of hydrogen-bond acceptors (Lipinski definition) is 3. The average Bonchev–Trinajstić information content (AvgIpc) is 2.31. The van der Waals surface area contributed by atoms with Crippen LogP contribution in [-0.2, 0) is 4.43 Å². The first-order valence-electron chi connectivity index (χ1n) is 7.48. The molecule has 0 saturated carbocycles. The fourth-order valence-electron chi connectivity index (χ4n) is 2.79. The Morgan fingerprint density at radius 3 is 1.78 bits per heavy atom. The lowest BCUT2D eigenvalue weighted by Gasteiger charge is -2.41. The van der Waals surface area contributed by atoms with E-state index < -0.39 is 8.32 Å². The van der Waals surface area contributed by atoms with Crippen molar-refractivity contribution in [3.05, 3.63) is 0 Å². The molecular weight excluding hydrogens is 240 g/mol. The van der Waals surface area contributed by atoms with E-state index >= 15 is 0 Å². The van der Waals surface area contributed by atoms with E-state index in [0.717, 1.165) is 32.4 Å². The van der Waals surface area contributed by atoms with E-state index in [4.69, 9.17) is 15.9 Å². The zero-order valence-corrected chi connectivity index (χ0v) is 14.0. The molecule has 0 saturated heterocycles. The molecule has 110 valence electrons. The van der Waals surface area contributed by atoms with Crippen LogP contribution in [0.4, 0.5) is 0 Å². The van der Waals surface area contributed by atoms with E-state index in [1.807, 2.05) is 0 Å². The molecule has 0 aliphatic rings. The summed E-state index contributed by atoms with van der Waals surface area (Å²) in [6, 6.07) is 1.19. The van der Waals surface area contributed by atoms with Crippen LogP contribution in [0, 0.1) is 0 Å². The van der Waals surface area contributed by atoms with E-state index in [1.165, 1.54) is 6.04 Å². The van der Waals surface area contributed by atoms with Gasteiger partial charge in [-0.15, -0.1) is 0 Å². The van der Waals surface area contributed by atoms with Gasteiger partial charge in [0.1, 0.15) is 0 Å². The molecule has 0 aromatic heterocycles. The predicted octanol–water partition coefficient (Wildman–Crippen LogP) is 3.24. The Balaban J connectivity index is 4.71. The first-order valence-corrected chi connectivity index (χ1v) is 9.75. The zero-order chi connectivity index (χ0) is 14.2. The number of hydrogen-bond donors (Lipinski definition) is 2. The minimum atomic E-state index is -1.71. The standard InChI is InChI=1S/C14H34N2OSi/c1-12(2)18(13(3)4,11-7-10-16)17-14(5)8-6-9-15/h12-14H,6-11,15-16H2,1-5H3. The van der Waals surface area contributed by atoms with Crippen molar-refractivity contribution in [2.24, 2.45) is 11.5 Å². The highest BCUT2D eigenvalue weighted by Crippen LogP contribution is 2.39. The van der Waals surface area contributed by atoms with Crippen LogP contribution < -0.4 is 11.5 Å². The lowest BCUT2D eigenvalue weighted by Crippen LogP contribution is -2.47. The van der Waals surface area contributed by atoms with E-state index in [1.54, 1.807) is 0 Å². The van der Waals surface area contributed by atoms with Crippen molar-refractivity contribution in [1.29, 1.82) is 0 Å². The van der Waals surface area contributed by atoms with Gasteiger partial charge in [0.25, 0.3) is 0 Å². The Morgan fingerprint density at radius 2 is 1.39 bits per heavy atom. The highest BCUT2D eigenvalue weighted by atomic mass is 28.4. The third kappa shape index (κ3) is 5.39. The predicted molar refractivity (Wildman–Crippen MR) is 83.3 cm³/mol. The lowest BCUT2D eigenvalue weighted by molar-refractivity contribution is 0.183. The van der Waals surface area contributed by atoms with Crippen molar-refractivity contribution < 1.29 is 4.43 Å². The van der Waals surface area contributed by atoms with Crippen LogP contribution in [0.15, 0.2) is 0 Å². The summed E-state index contributed by atoms with van der Waals surface area (Å²) < 4.78 is 6.59. The minimum absolute atomic E-state index is 0.336. The molecule has 0 bridgehead atoms. The summed E-state index contributed by atoms with van der Waals surface area (Å²) in [6.45, 7) is 13.0. The molecule has 4 heteroatoms. The molecule has 1 unspecified atom stereocenters. The van der Waals surface area contributed by atoms with Gasteiger partial charge in [-0.3, -0.25) is 0 Å². The summed E-state index contributed by atoms with van der Waals surface area (Å²) in [5.74, 6) is 0. The van der Waals surface area contributed by atoms with Gasteiger partial charge >= 0.3 is 0 Å². The van der Waals surface area contributed by atoms with Crippen molar-refractivity contribution >= 4 is 8.32 Å². The molecule has 0 aliphatic heterocycles. The SMILES string of the molecule is CC(CCCN)O[Si](CCCN)(C(C)C)C(C)C. The Bertz CT molecular complexity index is 202. The zero-order valence-electron chi connectivity index (χ0n) is 13.0. The molecule has 1 atom stereocenters. The van der Waals surface area contributed by atoms with Gasteiger partial charge in [0.05, 0.1) is 0 Å². The van der Waals surface area contributed by atoms with Crippen LogP contribution in [0.1, 0.15) is 53.9 Å². The minimum Gasteiger partial charge on any atom is -0.414 e. The van der Waals surface area contributed by atoms with Gasteiger partial charge in [0.15, 0.2) is 8.32 Å². The summed E-state index contributed by atoms with van der Waals surface area (Å²) >= 11 is 0. The smallest absolute Gasteiger partial charge is 0.198 e. The molecule has 4 N–H and O–H groups in total. The third-order valence-electron chi connectivity index (χ3n) is 3.96. The molecule has 18 heavy (non-hydrogen) atoms. The Hall–Kier alpha value is 0.0969. The topological polar surface area (TPSA) is 61.3 Å². The molecule has 0 heterocycles. The average molecular weight is 275 g/mol. The maximum atomic E-state index is 6.59. The van der Waals surface area contributed by atoms with Gasteiger partial charge in [-0.25, -0.2) is 0 Å². The molecule has 0 rings (SSSR count). The summed E-state index contributed by atoms with van der Waals surface area (Å²) in [5, 5.41) is 0. The molecule has 0 aliphatic carbocycles. The first kappa shape index (κ1) is 18.1. The van der Waals surface area contributed by atoms with Crippen LogP contribution in [0.5, 0.6) is 0 Å². The van der Waals surface area contributed by atoms with Crippen LogP contribution >= 0.6 is 0 Å². The molecule has 0 aromatic rings. The van der Waals surface area contributed by atoms with Crippen LogP contribution in [0.2, 0.25) is 17.1 Å². The molecular formula is C14H34N2OSi. The fraction of sp³-hybridized carbons (Fsp3) is 1.00. The van der Waals surface area contributed by atoms with Crippen LogP contribution in [0.25, 0.3) is 0 Å². The van der Waals surface area contributed by atoms with E-state index in [-0.39, 0.29) is 0 Å². The van der Waals surface area contributed by atoms with Gasteiger partial charge < -0.3 is 15.9 Å². The Kier molecular flexibility index (Phi) is 9.12. The van der Waals surface area contributed by atoms with Gasteiger partial charge in [-0.1, -0.05) is 27.7 Å². The first-order chi connectivity index (χ1) is 8.40. The summed E-state index contributed by atoms with van der Waals surface area (Å²) in [5.41, 5.74) is 12.6. The lowest BCUT2D eigenvalue weighted by atomic mass is 10.2. The highest BCUT2D eigenvalue weighted by Gasteiger charge is 2.42. The summed E-state index contributed by atoms with van der Waals surface area (Å²) in [6.07, 6.45) is 3.56. The monoisotopic (exact) mass is 274 g/mol. The Morgan fingerprint density at radius 1 is 0.889 bits per heavy atom. The molecule has 0 amide bonds. The Labute approximate surface area is 115 Å². The molecule has 3 nitrogen and oxygen atoms in total. The van der Waals surface area contributed by atoms with E-state index in [0.29, 0.717) is 17.2 Å². The highest BCUT2D eigenvalue weighted by molar-refractivity contribution is 6.76. The molecule has 0 spiro atoms. The van der Waals surface area contributed by atoms with Crippen LogP contribution in [0.3, 0.4) is 0 Å². The van der Waals surface area contributed by atoms with Gasteiger partial charge in [0.2, 0.25) is 0 Å². The number of rotatable bonds is 10. The second-order valence-corrected chi connectivity index (χ2v) is 11.0. The van der Waals surface area contributed by atoms with Crippen LogP contribution in [-0.4, -0.2) is 27.5 Å². The second-order valence-electron chi connectivity index (χ2n) is 6.02. The molecule has 0 aromatic carbocycles. The molecule has 0 fully saturated rings. The van der Waals surface area contributed by atoms with Crippen molar-refractivity contribution in [3.8, 4) is 0 Å². The number of nitrogens with two attached hydrogens (primary N) is 2. The van der Waals surface area contributed by atoms with E-state index in [9.17, 15) is 0 Å². The normalized spacial score (nSPS) is 14.5. The van der Waals surface area contributed by atoms with Gasteiger partial charge in [-0.2, -0.15) is 0 Å². The van der Waals surface area contributed by atoms with Gasteiger partial charge in [0, 0.05) is 6.10 Å². The summed E-state index contributed by atoms with van der Waals surface area (Å²) in [4.78, 5) is 0. The maximum Gasteiger partial charge on any atom is 0.198 e. The second kappa shape index (κ2) is 9.07. The summed E-state index contributed by atoms with van der Waals surface area (Å²) in [7, 11) is -1.71. The van der Waals surface area contributed by atoms with Crippen molar-refractivity contribution in [2.45, 2.75) is 77.1 Å². The van der Waals surface area contributed by atoms with Crippen molar-refractivity contribution in [1.82, 2.24) is 0 Å². The fourth-order valence-corrected chi connectivity index (χ4v) is 7.57. The quantitative estimate of drug-likeness (QED) is 0.601. The molecule has 0 radical (unpaired) electrons. The third-order valence-corrected chi connectivity index (χ3v) is 9.85. The van der Waals surface area contributed by atoms with Crippen molar-refractivity contribution in [2.75, 3.05) is 13.1 Å². The maximum absolute atomic E-state index is 6.59. The van der Waals surface area contributed by atoms with Gasteiger partial charge in [-0.05, 0) is 56.4 Å². The van der Waals surface area contributed by atoms with E-state index in [2.05, 4.69) is 34.6 Å². The largest absolute Gasteiger partial charge is 0.414 e.